The van der Waals surface area contributed by atoms with Crippen LogP contribution in [0, 0.1) is 0 Å². The second-order valence-corrected chi connectivity index (χ2v) is 9.77. The first kappa shape index (κ1) is 26.2. The molecule has 0 spiro atoms. The fourth-order valence-corrected chi connectivity index (χ4v) is 5.56. The van der Waals surface area contributed by atoms with Crippen LogP contribution in [0.4, 0.5) is 13.2 Å². The van der Waals surface area contributed by atoms with Crippen LogP contribution in [-0.2, 0) is 34.3 Å². The summed E-state index contributed by atoms with van der Waals surface area (Å²) in [6.07, 6.45) is -4.56. The predicted octanol–water partition coefficient (Wildman–Crippen LogP) is 5.74. The number of halogens is 3. The molecule has 1 aromatic heterocycles. The van der Waals surface area contributed by atoms with E-state index in [4.69, 9.17) is 4.98 Å². The highest BCUT2D eigenvalue weighted by Crippen LogP contribution is 2.45. The lowest BCUT2D eigenvalue weighted by atomic mass is 9.79. The number of carboxylic acid groups (broad SMARTS) is 1. The molecule has 0 saturated carbocycles. The number of imidazole rings is 1. The minimum Gasteiger partial charge on any atom is -0.480 e. The predicted molar refractivity (Wildman–Crippen MR) is 139 cm³/mol. The molecule has 3 aromatic carbocycles. The van der Waals surface area contributed by atoms with Crippen LogP contribution in [0.5, 0.6) is 0 Å². The van der Waals surface area contributed by atoms with E-state index in [2.05, 4.69) is 0 Å². The van der Waals surface area contributed by atoms with E-state index < -0.39 is 35.2 Å². The van der Waals surface area contributed by atoms with Gasteiger partial charge in [0.05, 0.1) is 11.3 Å². The van der Waals surface area contributed by atoms with Gasteiger partial charge >= 0.3 is 12.1 Å². The van der Waals surface area contributed by atoms with Crippen molar-refractivity contribution in [1.29, 1.82) is 0 Å². The Balaban J connectivity index is 1.79. The SMILES string of the molecule is CC(=O)N1C(C(=O)O)Cc2c(nc(-c3ccccc3)n2Cc2cccc(C(F)(F)F)c2)C1(C)c1ccccc1. The van der Waals surface area contributed by atoms with Crippen molar-refractivity contribution in [3.8, 4) is 11.4 Å². The lowest BCUT2D eigenvalue weighted by molar-refractivity contribution is -0.155. The molecular weight excluding hydrogens is 507 g/mol. The van der Waals surface area contributed by atoms with Crippen molar-refractivity contribution in [2.45, 2.75) is 44.6 Å². The van der Waals surface area contributed by atoms with Crippen LogP contribution in [0.2, 0.25) is 0 Å². The molecule has 9 heteroatoms. The van der Waals surface area contributed by atoms with Gasteiger partial charge in [0, 0.05) is 31.1 Å². The number of hydrogen-bond acceptors (Lipinski definition) is 3. The number of carbonyl (C=O) groups is 2. The standard InChI is InChI=1S/C30H26F3N3O3/c1-19(37)36-25(28(38)39)17-24-26(29(36,2)22-13-7-4-8-14-22)34-27(21-11-5-3-6-12-21)35(24)18-20-10-9-15-23(16-20)30(31,32)33/h3-16,25H,17-18H2,1-2H3,(H,38,39). The van der Waals surface area contributed by atoms with Gasteiger partial charge in [-0.15, -0.1) is 0 Å². The molecule has 2 heterocycles. The monoisotopic (exact) mass is 533 g/mol. The lowest BCUT2D eigenvalue weighted by Crippen LogP contribution is -2.59. The number of fused-ring (bicyclic) bond motifs is 1. The van der Waals surface area contributed by atoms with Gasteiger partial charge in [0.1, 0.15) is 17.4 Å². The van der Waals surface area contributed by atoms with Gasteiger partial charge in [-0.3, -0.25) is 4.79 Å². The van der Waals surface area contributed by atoms with Gasteiger partial charge in [-0.1, -0.05) is 72.8 Å². The molecular formula is C30H26F3N3O3. The number of nitrogens with zero attached hydrogens (tertiary/aromatic N) is 3. The van der Waals surface area contributed by atoms with Crippen LogP contribution in [0.1, 0.15) is 41.9 Å². The number of carboxylic acids is 1. The summed E-state index contributed by atoms with van der Waals surface area (Å²) in [6.45, 7) is 3.14. The van der Waals surface area contributed by atoms with Crippen molar-refractivity contribution >= 4 is 11.9 Å². The average molecular weight is 534 g/mol. The molecule has 0 saturated heterocycles. The van der Waals surface area contributed by atoms with Gasteiger partial charge in [0.2, 0.25) is 5.91 Å². The Kier molecular flexibility index (Phi) is 6.54. The first-order chi connectivity index (χ1) is 18.5. The summed E-state index contributed by atoms with van der Waals surface area (Å²) in [6, 6.07) is 22.1. The van der Waals surface area contributed by atoms with Gasteiger partial charge in [0.25, 0.3) is 0 Å². The molecule has 200 valence electrons. The molecule has 1 N–H and O–H groups in total. The van der Waals surface area contributed by atoms with Crippen LogP contribution in [0.15, 0.2) is 84.9 Å². The summed E-state index contributed by atoms with van der Waals surface area (Å²) in [5, 5.41) is 10.2. The third-order valence-corrected chi connectivity index (χ3v) is 7.30. The summed E-state index contributed by atoms with van der Waals surface area (Å²) >= 11 is 0. The number of hydrogen-bond donors (Lipinski definition) is 1. The Bertz CT molecular complexity index is 1530. The van der Waals surface area contributed by atoms with Crippen molar-refractivity contribution in [2.24, 2.45) is 0 Å². The molecule has 1 amide bonds. The average Bonchev–Trinajstić information content (AvgIpc) is 3.27. The maximum absolute atomic E-state index is 13.5. The normalized spacial score (nSPS) is 19.0. The van der Waals surface area contributed by atoms with Crippen molar-refractivity contribution in [1.82, 2.24) is 14.5 Å². The molecule has 1 aliphatic rings. The molecule has 4 aromatic rings. The van der Waals surface area contributed by atoms with Crippen LogP contribution in [0.25, 0.3) is 11.4 Å². The van der Waals surface area contributed by atoms with Gasteiger partial charge in [-0.2, -0.15) is 13.2 Å². The van der Waals surface area contributed by atoms with Gasteiger partial charge in [-0.05, 0) is 30.2 Å². The Morgan fingerprint density at radius 1 is 1.00 bits per heavy atom. The number of benzene rings is 3. The van der Waals surface area contributed by atoms with Crippen LogP contribution >= 0.6 is 0 Å². The van der Waals surface area contributed by atoms with E-state index in [0.29, 0.717) is 28.3 Å². The Hall–Kier alpha value is -4.40. The number of aliphatic carboxylic acids is 1. The van der Waals surface area contributed by atoms with Crippen molar-refractivity contribution in [2.75, 3.05) is 0 Å². The van der Waals surface area contributed by atoms with Crippen LogP contribution < -0.4 is 0 Å². The Labute approximate surface area is 223 Å². The van der Waals surface area contributed by atoms with E-state index in [9.17, 15) is 27.9 Å². The molecule has 2 atom stereocenters. The number of amides is 1. The molecule has 6 nitrogen and oxygen atoms in total. The number of aromatic nitrogens is 2. The van der Waals surface area contributed by atoms with E-state index in [1.54, 1.807) is 29.7 Å². The van der Waals surface area contributed by atoms with E-state index in [-0.39, 0.29) is 13.0 Å². The molecule has 0 bridgehead atoms. The fourth-order valence-electron chi connectivity index (χ4n) is 5.56. The molecule has 0 fully saturated rings. The summed E-state index contributed by atoms with van der Waals surface area (Å²) in [4.78, 5) is 31.9. The molecule has 0 aliphatic carbocycles. The van der Waals surface area contributed by atoms with E-state index in [1.807, 2.05) is 48.5 Å². The van der Waals surface area contributed by atoms with E-state index >= 15 is 0 Å². The van der Waals surface area contributed by atoms with Crippen molar-refractivity contribution in [3.05, 3.63) is 113 Å². The number of carbonyl (C=O) groups excluding carboxylic acids is 1. The minimum atomic E-state index is -4.51. The summed E-state index contributed by atoms with van der Waals surface area (Å²) in [5.41, 5.74) is 0.827. The molecule has 1 aliphatic heterocycles. The maximum Gasteiger partial charge on any atom is 0.416 e. The number of alkyl halides is 3. The zero-order chi connectivity index (χ0) is 27.9. The molecule has 2 unspecified atom stereocenters. The van der Waals surface area contributed by atoms with Gasteiger partial charge in [0.15, 0.2) is 0 Å². The summed E-state index contributed by atoms with van der Waals surface area (Å²) in [7, 11) is 0. The second-order valence-electron chi connectivity index (χ2n) is 9.77. The van der Waals surface area contributed by atoms with Crippen LogP contribution in [-0.4, -0.2) is 37.5 Å². The molecule has 39 heavy (non-hydrogen) atoms. The maximum atomic E-state index is 13.5. The quantitative estimate of drug-likeness (QED) is 0.355. The molecule has 0 radical (unpaired) electrons. The summed E-state index contributed by atoms with van der Waals surface area (Å²) < 4.78 is 42.3. The smallest absolute Gasteiger partial charge is 0.416 e. The molecule has 5 rings (SSSR count). The van der Waals surface area contributed by atoms with Crippen LogP contribution in [0.3, 0.4) is 0 Å². The lowest BCUT2D eigenvalue weighted by Gasteiger charge is -2.47. The highest BCUT2D eigenvalue weighted by molar-refractivity contribution is 5.85. The first-order valence-corrected chi connectivity index (χ1v) is 12.4. The zero-order valence-corrected chi connectivity index (χ0v) is 21.3. The number of rotatable bonds is 5. The highest BCUT2D eigenvalue weighted by atomic mass is 19.4. The summed E-state index contributed by atoms with van der Waals surface area (Å²) in [5.74, 6) is -1.12. The van der Waals surface area contributed by atoms with Gasteiger partial charge in [-0.25, -0.2) is 9.78 Å². The minimum absolute atomic E-state index is 0.0355. The highest BCUT2D eigenvalue weighted by Gasteiger charge is 2.51. The van der Waals surface area contributed by atoms with E-state index in [0.717, 1.165) is 17.7 Å². The first-order valence-electron chi connectivity index (χ1n) is 12.4. The third kappa shape index (κ3) is 4.58. The third-order valence-electron chi connectivity index (χ3n) is 7.30. The fraction of sp³-hybridized carbons (Fsp3) is 0.233. The van der Waals surface area contributed by atoms with Gasteiger partial charge < -0.3 is 14.6 Å². The Morgan fingerprint density at radius 2 is 1.64 bits per heavy atom. The second kappa shape index (κ2) is 9.72. The topological polar surface area (TPSA) is 75.4 Å². The largest absolute Gasteiger partial charge is 0.480 e. The van der Waals surface area contributed by atoms with Crippen molar-refractivity contribution < 1.29 is 27.9 Å². The zero-order valence-electron chi connectivity index (χ0n) is 21.3. The van der Waals surface area contributed by atoms with Crippen molar-refractivity contribution in [3.63, 3.8) is 0 Å². The Morgan fingerprint density at radius 3 is 2.23 bits per heavy atom. The van der Waals surface area contributed by atoms with E-state index in [1.165, 1.54) is 17.9 Å².